The van der Waals surface area contributed by atoms with Crippen molar-refractivity contribution >= 4 is 33.3 Å². The van der Waals surface area contributed by atoms with E-state index in [1.54, 1.807) is 11.3 Å². The average molecular weight is 490 g/mol. The zero-order valence-corrected chi connectivity index (χ0v) is 21.4. The molecule has 3 N–H and O–H groups in total. The number of rotatable bonds is 10. The van der Waals surface area contributed by atoms with Crippen molar-refractivity contribution in [1.29, 1.82) is 0 Å². The summed E-state index contributed by atoms with van der Waals surface area (Å²) in [6.07, 6.45) is 1.90. The Bertz CT molecular complexity index is 1340. The molecule has 182 valence electrons. The van der Waals surface area contributed by atoms with Crippen molar-refractivity contribution in [1.82, 2.24) is 15.0 Å². The third kappa shape index (κ3) is 5.43. The SMILES string of the molecule is CCCC(CC)(Oc1cccc(C(C)Nc2cc(-c3ccc4ncsc4c3)nc(C)n2)c1)C(N)=O. The molecule has 8 heteroatoms. The molecular formula is C27H31N5O2S. The third-order valence-corrected chi connectivity index (χ3v) is 6.97. The van der Waals surface area contributed by atoms with Crippen LogP contribution in [0, 0.1) is 6.92 Å². The molecule has 7 nitrogen and oxygen atoms in total. The van der Waals surface area contributed by atoms with Crippen LogP contribution in [0.5, 0.6) is 5.75 Å². The zero-order valence-electron chi connectivity index (χ0n) is 20.5. The first-order chi connectivity index (χ1) is 16.8. The molecule has 4 aromatic rings. The standard InChI is InChI=1S/C27H31N5O2S/c1-5-12-27(6-2,26(28)33)34-21-9-7-8-19(13-21)17(3)30-25-15-23(31-18(4)32-25)20-10-11-22-24(14-20)35-16-29-22/h7-11,13-17H,5-6,12H2,1-4H3,(H2,28,33)(H,30,31,32). The minimum atomic E-state index is -0.998. The number of thiazole rings is 1. The van der Waals surface area contributed by atoms with Crippen LogP contribution in [0.4, 0.5) is 5.82 Å². The van der Waals surface area contributed by atoms with Gasteiger partial charge in [0.1, 0.15) is 17.4 Å². The summed E-state index contributed by atoms with van der Waals surface area (Å²) in [4.78, 5) is 25.8. The summed E-state index contributed by atoms with van der Waals surface area (Å²) in [6.45, 7) is 7.90. The van der Waals surface area contributed by atoms with E-state index in [0.29, 0.717) is 24.4 Å². The second kappa shape index (κ2) is 10.4. The molecule has 2 unspecified atom stereocenters. The molecule has 1 amide bonds. The minimum absolute atomic E-state index is 0.0551. The first-order valence-electron chi connectivity index (χ1n) is 11.9. The molecule has 0 spiro atoms. The quantitative estimate of drug-likeness (QED) is 0.281. The van der Waals surface area contributed by atoms with Crippen molar-refractivity contribution in [2.24, 2.45) is 5.73 Å². The Morgan fingerprint density at radius 3 is 2.74 bits per heavy atom. The number of primary amides is 1. The number of carbonyl (C=O) groups excluding carboxylic acids is 1. The van der Waals surface area contributed by atoms with Gasteiger partial charge >= 0.3 is 0 Å². The molecule has 35 heavy (non-hydrogen) atoms. The van der Waals surface area contributed by atoms with E-state index in [-0.39, 0.29) is 6.04 Å². The summed E-state index contributed by atoms with van der Waals surface area (Å²) >= 11 is 1.61. The van der Waals surface area contributed by atoms with Crippen LogP contribution >= 0.6 is 11.3 Å². The summed E-state index contributed by atoms with van der Waals surface area (Å²) in [7, 11) is 0. The lowest BCUT2D eigenvalue weighted by atomic mass is 9.93. The highest BCUT2D eigenvalue weighted by Crippen LogP contribution is 2.30. The Labute approximate surface area is 209 Å². The average Bonchev–Trinajstić information content (AvgIpc) is 3.31. The van der Waals surface area contributed by atoms with Crippen molar-refractivity contribution in [2.75, 3.05) is 5.32 Å². The Morgan fingerprint density at radius 1 is 1.17 bits per heavy atom. The van der Waals surface area contributed by atoms with Crippen molar-refractivity contribution in [3.63, 3.8) is 0 Å². The maximum Gasteiger partial charge on any atom is 0.261 e. The lowest BCUT2D eigenvalue weighted by Gasteiger charge is -2.30. The Kier molecular flexibility index (Phi) is 7.31. The summed E-state index contributed by atoms with van der Waals surface area (Å²) in [5.74, 6) is 1.62. The van der Waals surface area contributed by atoms with E-state index in [9.17, 15) is 4.79 Å². The molecule has 2 aromatic heterocycles. The Morgan fingerprint density at radius 2 is 2.00 bits per heavy atom. The second-order valence-corrected chi connectivity index (χ2v) is 9.61. The lowest BCUT2D eigenvalue weighted by molar-refractivity contribution is -0.134. The molecule has 0 aliphatic rings. The van der Waals surface area contributed by atoms with E-state index in [2.05, 4.69) is 33.3 Å². The number of nitrogens with zero attached hydrogens (tertiary/aromatic N) is 3. The van der Waals surface area contributed by atoms with Crippen LogP contribution in [0.25, 0.3) is 21.5 Å². The predicted octanol–water partition coefficient (Wildman–Crippen LogP) is 6.05. The van der Waals surface area contributed by atoms with Crippen LogP contribution in [0.3, 0.4) is 0 Å². The molecule has 0 aliphatic carbocycles. The van der Waals surface area contributed by atoms with Gasteiger partial charge in [-0.2, -0.15) is 0 Å². The second-order valence-electron chi connectivity index (χ2n) is 8.72. The van der Waals surface area contributed by atoms with Gasteiger partial charge in [0, 0.05) is 11.6 Å². The van der Waals surface area contributed by atoms with Gasteiger partial charge in [0.15, 0.2) is 5.60 Å². The fraction of sp³-hybridized carbons (Fsp3) is 0.333. The van der Waals surface area contributed by atoms with Crippen LogP contribution in [-0.4, -0.2) is 26.5 Å². The highest BCUT2D eigenvalue weighted by Gasteiger charge is 2.36. The number of benzene rings is 2. The molecule has 0 fully saturated rings. The molecule has 2 aromatic carbocycles. The molecular weight excluding hydrogens is 458 g/mol. The summed E-state index contributed by atoms with van der Waals surface area (Å²) < 4.78 is 7.31. The fourth-order valence-electron chi connectivity index (χ4n) is 4.23. The number of hydrogen-bond acceptors (Lipinski definition) is 7. The molecule has 0 bridgehead atoms. The number of aryl methyl sites for hydroxylation is 1. The predicted molar refractivity (Wildman–Crippen MR) is 142 cm³/mol. The van der Waals surface area contributed by atoms with Crippen molar-refractivity contribution in [3.05, 3.63) is 65.4 Å². The van der Waals surface area contributed by atoms with E-state index in [4.69, 9.17) is 10.5 Å². The van der Waals surface area contributed by atoms with Gasteiger partial charge in [-0.05, 0) is 56.5 Å². The van der Waals surface area contributed by atoms with E-state index in [1.807, 2.05) is 68.7 Å². The van der Waals surface area contributed by atoms with Gasteiger partial charge in [-0.1, -0.05) is 38.5 Å². The molecule has 2 atom stereocenters. The van der Waals surface area contributed by atoms with Gasteiger partial charge in [0.05, 0.1) is 27.5 Å². The molecule has 0 saturated carbocycles. The maximum absolute atomic E-state index is 12.2. The van der Waals surface area contributed by atoms with Crippen molar-refractivity contribution < 1.29 is 9.53 Å². The molecule has 0 radical (unpaired) electrons. The van der Waals surface area contributed by atoms with Gasteiger partial charge in [0.25, 0.3) is 5.91 Å². The highest BCUT2D eigenvalue weighted by molar-refractivity contribution is 7.16. The molecule has 0 aliphatic heterocycles. The number of carbonyl (C=O) groups is 1. The van der Waals surface area contributed by atoms with Gasteiger partial charge in [-0.15, -0.1) is 11.3 Å². The number of anilines is 1. The van der Waals surface area contributed by atoms with Crippen molar-refractivity contribution in [2.45, 2.75) is 58.6 Å². The number of hydrogen-bond donors (Lipinski definition) is 2. The first kappa shape index (κ1) is 24.6. The molecule has 0 saturated heterocycles. The zero-order chi connectivity index (χ0) is 25.0. The largest absolute Gasteiger partial charge is 0.477 e. The Balaban J connectivity index is 1.56. The van der Waals surface area contributed by atoms with Crippen LogP contribution < -0.4 is 15.8 Å². The fourth-order valence-corrected chi connectivity index (χ4v) is 4.95. The summed E-state index contributed by atoms with van der Waals surface area (Å²) in [6, 6.07) is 15.8. The third-order valence-electron chi connectivity index (χ3n) is 6.17. The van der Waals surface area contributed by atoms with Gasteiger partial charge in [0.2, 0.25) is 0 Å². The van der Waals surface area contributed by atoms with Crippen LogP contribution in [-0.2, 0) is 4.79 Å². The lowest BCUT2D eigenvalue weighted by Crippen LogP contribution is -2.48. The first-order valence-corrected chi connectivity index (χ1v) is 12.8. The highest BCUT2D eigenvalue weighted by atomic mass is 32.1. The normalized spacial score (nSPS) is 13.8. The van der Waals surface area contributed by atoms with Crippen LogP contribution in [0.2, 0.25) is 0 Å². The van der Waals surface area contributed by atoms with Gasteiger partial charge < -0.3 is 15.8 Å². The number of aromatic nitrogens is 3. The van der Waals surface area contributed by atoms with E-state index in [0.717, 1.165) is 39.3 Å². The molecule has 2 heterocycles. The monoisotopic (exact) mass is 489 g/mol. The van der Waals surface area contributed by atoms with Gasteiger partial charge in [-0.25, -0.2) is 15.0 Å². The number of ether oxygens (including phenoxy) is 1. The number of nitrogens with one attached hydrogen (secondary N) is 1. The Hall–Kier alpha value is -3.52. The number of nitrogens with two attached hydrogens (primary N) is 1. The van der Waals surface area contributed by atoms with E-state index >= 15 is 0 Å². The number of amides is 1. The smallest absolute Gasteiger partial charge is 0.261 e. The number of fused-ring (bicyclic) bond motifs is 1. The van der Waals surface area contributed by atoms with E-state index in [1.165, 1.54) is 0 Å². The van der Waals surface area contributed by atoms with Gasteiger partial charge in [-0.3, -0.25) is 4.79 Å². The summed E-state index contributed by atoms with van der Waals surface area (Å²) in [5.41, 5.74) is 10.5. The summed E-state index contributed by atoms with van der Waals surface area (Å²) in [5, 5.41) is 3.49. The maximum atomic E-state index is 12.2. The van der Waals surface area contributed by atoms with Crippen LogP contribution in [0.1, 0.15) is 57.5 Å². The van der Waals surface area contributed by atoms with E-state index < -0.39 is 11.5 Å². The van der Waals surface area contributed by atoms with Crippen molar-refractivity contribution in [3.8, 4) is 17.0 Å². The molecule has 4 rings (SSSR count). The topological polar surface area (TPSA) is 103 Å². The minimum Gasteiger partial charge on any atom is -0.477 e. The van der Waals surface area contributed by atoms with Crippen LogP contribution in [0.15, 0.2) is 54.0 Å².